The van der Waals surface area contributed by atoms with Crippen molar-refractivity contribution >= 4 is 11.3 Å². The summed E-state index contributed by atoms with van der Waals surface area (Å²) in [5.41, 5.74) is 11.2. The second kappa shape index (κ2) is 6.29. The summed E-state index contributed by atoms with van der Waals surface area (Å²) in [6, 6.07) is 14.4. The standard InChI is InChI=1S/C20H24N4/c1-15-6-5-11-23(12-15)14-18-20(16-7-3-2-4-8-16)22-19-10-9-17(21)13-24(18)19/h2-4,7-10,13,15H,5-6,11-12,14,21H2,1H3. The zero-order valence-electron chi connectivity index (χ0n) is 14.2. The molecule has 0 amide bonds. The average molecular weight is 320 g/mol. The summed E-state index contributed by atoms with van der Waals surface area (Å²) in [4.78, 5) is 7.44. The number of fused-ring (bicyclic) bond motifs is 1. The molecule has 0 bridgehead atoms. The second-order valence-electron chi connectivity index (χ2n) is 6.95. The van der Waals surface area contributed by atoms with Crippen LogP contribution < -0.4 is 5.73 Å². The molecule has 3 aromatic rings. The van der Waals surface area contributed by atoms with Crippen LogP contribution in [0.15, 0.2) is 48.7 Å². The summed E-state index contributed by atoms with van der Waals surface area (Å²) in [5.74, 6) is 0.767. The highest BCUT2D eigenvalue weighted by Crippen LogP contribution is 2.27. The van der Waals surface area contributed by atoms with E-state index in [0.717, 1.165) is 42.6 Å². The van der Waals surface area contributed by atoms with E-state index in [9.17, 15) is 0 Å². The number of rotatable bonds is 3. The number of anilines is 1. The molecule has 4 heteroatoms. The van der Waals surface area contributed by atoms with Crippen LogP contribution in [0.5, 0.6) is 0 Å². The van der Waals surface area contributed by atoms with Gasteiger partial charge in [0, 0.05) is 30.5 Å². The molecule has 1 unspecified atom stereocenters. The summed E-state index contributed by atoms with van der Waals surface area (Å²) in [5, 5.41) is 0. The van der Waals surface area contributed by atoms with Gasteiger partial charge in [0.15, 0.2) is 0 Å². The van der Waals surface area contributed by atoms with Gasteiger partial charge in [-0.2, -0.15) is 0 Å². The zero-order chi connectivity index (χ0) is 16.5. The number of nitrogen functional groups attached to an aromatic ring is 1. The summed E-state index contributed by atoms with van der Waals surface area (Å²) in [6.07, 6.45) is 4.61. The van der Waals surface area contributed by atoms with Crippen LogP contribution in [0.4, 0.5) is 5.69 Å². The third-order valence-electron chi connectivity index (χ3n) is 4.90. The third-order valence-corrected chi connectivity index (χ3v) is 4.90. The third kappa shape index (κ3) is 2.89. The SMILES string of the molecule is CC1CCCN(Cc2c(-c3ccccc3)nc3ccc(N)cn23)C1. The summed E-state index contributed by atoms with van der Waals surface area (Å²) in [7, 11) is 0. The monoisotopic (exact) mass is 320 g/mol. The molecule has 4 rings (SSSR count). The average Bonchev–Trinajstić information content (AvgIpc) is 2.94. The normalized spacial score (nSPS) is 19.0. The number of imidazole rings is 1. The molecule has 1 fully saturated rings. The highest BCUT2D eigenvalue weighted by atomic mass is 15.2. The first-order valence-electron chi connectivity index (χ1n) is 8.75. The summed E-state index contributed by atoms with van der Waals surface area (Å²) >= 11 is 0. The van der Waals surface area contributed by atoms with Crippen LogP contribution in [-0.2, 0) is 6.54 Å². The summed E-state index contributed by atoms with van der Waals surface area (Å²) < 4.78 is 2.16. The van der Waals surface area contributed by atoms with Crippen molar-refractivity contribution in [2.75, 3.05) is 18.8 Å². The number of hydrogen-bond donors (Lipinski definition) is 1. The first-order valence-corrected chi connectivity index (χ1v) is 8.75. The molecule has 1 saturated heterocycles. The Hall–Kier alpha value is -2.33. The maximum Gasteiger partial charge on any atom is 0.137 e. The minimum atomic E-state index is 0.767. The Morgan fingerprint density at radius 3 is 2.79 bits per heavy atom. The van der Waals surface area contributed by atoms with Crippen LogP contribution in [0.2, 0.25) is 0 Å². The molecule has 4 nitrogen and oxygen atoms in total. The van der Waals surface area contributed by atoms with Crippen LogP contribution in [0.1, 0.15) is 25.5 Å². The highest BCUT2D eigenvalue weighted by molar-refractivity contribution is 5.67. The van der Waals surface area contributed by atoms with Crippen LogP contribution in [-0.4, -0.2) is 27.4 Å². The lowest BCUT2D eigenvalue weighted by Crippen LogP contribution is -2.34. The van der Waals surface area contributed by atoms with Gasteiger partial charge >= 0.3 is 0 Å². The van der Waals surface area contributed by atoms with Crippen molar-refractivity contribution < 1.29 is 0 Å². The Balaban J connectivity index is 1.80. The van der Waals surface area contributed by atoms with Gasteiger partial charge < -0.3 is 10.1 Å². The number of nitrogens with zero attached hydrogens (tertiary/aromatic N) is 3. The van der Waals surface area contributed by atoms with E-state index in [1.165, 1.54) is 24.1 Å². The Kier molecular flexibility index (Phi) is 3.98. The van der Waals surface area contributed by atoms with Crippen molar-refractivity contribution in [3.05, 3.63) is 54.4 Å². The Labute approximate surface area is 142 Å². The van der Waals surface area contributed by atoms with Crippen molar-refractivity contribution in [2.45, 2.75) is 26.3 Å². The van der Waals surface area contributed by atoms with E-state index >= 15 is 0 Å². The minimum Gasteiger partial charge on any atom is -0.398 e. The number of likely N-dealkylation sites (tertiary alicyclic amines) is 1. The Morgan fingerprint density at radius 2 is 2.00 bits per heavy atom. The van der Waals surface area contributed by atoms with Crippen LogP contribution in [0, 0.1) is 5.92 Å². The largest absolute Gasteiger partial charge is 0.398 e. The van der Waals surface area contributed by atoms with Crippen LogP contribution in [0.25, 0.3) is 16.9 Å². The van der Waals surface area contributed by atoms with E-state index in [-0.39, 0.29) is 0 Å². The lowest BCUT2D eigenvalue weighted by molar-refractivity contribution is 0.174. The number of nitrogens with two attached hydrogens (primary N) is 1. The molecule has 2 aromatic heterocycles. The maximum absolute atomic E-state index is 6.03. The molecule has 3 heterocycles. The van der Waals surface area contributed by atoms with Gasteiger partial charge in [0.05, 0.1) is 11.4 Å². The molecule has 0 aliphatic carbocycles. The molecule has 1 atom stereocenters. The molecule has 1 aliphatic heterocycles. The fourth-order valence-electron chi connectivity index (χ4n) is 3.73. The van der Waals surface area contributed by atoms with E-state index in [4.69, 9.17) is 10.7 Å². The van der Waals surface area contributed by atoms with Crippen LogP contribution >= 0.6 is 0 Å². The van der Waals surface area contributed by atoms with E-state index in [2.05, 4.69) is 40.5 Å². The number of benzene rings is 1. The molecule has 124 valence electrons. The quantitative estimate of drug-likeness (QED) is 0.798. The number of pyridine rings is 1. The molecule has 1 aromatic carbocycles. The first kappa shape index (κ1) is 15.2. The van der Waals surface area contributed by atoms with Gasteiger partial charge in [0.25, 0.3) is 0 Å². The predicted octanol–water partition coefficient (Wildman–Crippen LogP) is 3.82. The maximum atomic E-state index is 6.03. The van der Waals surface area contributed by atoms with Gasteiger partial charge in [0.1, 0.15) is 5.65 Å². The van der Waals surface area contributed by atoms with Gasteiger partial charge in [0.2, 0.25) is 0 Å². The Bertz CT molecular complexity index is 837. The van der Waals surface area contributed by atoms with Crippen molar-refractivity contribution in [2.24, 2.45) is 5.92 Å². The van der Waals surface area contributed by atoms with Crippen molar-refractivity contribution in [3.63, 3.8) is 0 Å². The van der Waals surface area contributed by atoms with Crippen molar-refractivity contribution in [1.29, 1.82) is 0 Å². The molecule has 1 aliphatic rings. The molecule has 0 saturated carbocycles. The molecular weight excluding hydrogens is 296 g/mol. The number of aromatic nitrogens is 2. The topological polar surface area (TPSA) is 46.6 Å². The predicted molar refractivity (Wildman–Crippen MR) is 98.7 cm³/mol. The van der Waals surface area contributed by atoms with E-state index in [0.29, 0.717) is 0 Å². The molecule has 0 radical (unpaired) electrons. The van der Waals surface area contributed by atoms with Gasteiger partial charge in [-0.3, -0.25) is 4.90 Å². The number of piperidine rings is 1. The summed E-state index contributed by atoms with van der Waals surface area (Å²) in [6.45, 7) is 5.58. The van der Waals surface area contributed by atoms with E-state index in [1.807, 2.05) is 24.4 Å². The van der Waals surface area contributed by atoms with Gasteiger partial charge in [-0.1, -0.05) is 37.3 Å². The number of hydrogen-bond acceptors (Lipinski definition) is 3. The van der Waals surface area contributed by atoms with E-state index < -0.39 is 0 Å². The Morgan fingerprint density at radius 1 is 1.17 bits per heavy atom. The van der Waals surface area contributed by atoms with Gasteiger partial charge in [-0.25, -0.2) is 4.98 Å². The molecular formula is C20H24N4. The smallest absolute Gasteiger partial charge is 0.137 e. The van der Waals surface area contributed by atoms with Crippen molar-refractivity contribution in [1.82, 2.24) is 14.3 Å². The minimum absolute atomic E-state index is 0.767. The lowest BCUT2D eigenvalue weighted by atomic mass is 10.00. The molecule has 2 N–H and O–H groups in total. The highest BCUT2D eigenvalue weighted by Gasteiger charge is 2.21. The first-order chi connectivity index (χ1) is 11.7. The van der Waals surface area contributed by atoms with Gasteiger partial charge in [-0.15, -0.1) is 0 Å². The zero-order valence-corrected chi connectivity index (χ0v) is 14.2. The molecule has 0 spiro atoms. The second-order valence-corrected chi connectivity index (χ2v) is 6.95. The van der Waals surface area contributed by atoms with Gasteiger partial charge in [-0.05, 0) is 37.4 Å². The van der Waals surface area contributed by atoms with E-state index in [1.54, 1.807) is 0 Å². The molecule has 24 heavy (non-hydrogen) atoms. The van der Waals surface area contributed by atoms with Crippen LogP contribution in [0.3, 0.4) is 0 Å². The lowest BCUT2D eigenvalue weighted by Gasteiger charge is -2.30. The fourth-order valence-corrected chi connectivity index (χ4v) is 3.73. The van der Waals surface area contributed by atoms with Crippen molar-refractivity contribution in [3.8, 4) is 11.3 Å². The fraction of sp³-hybridized carbons (Fsp3) is 0.350.